The predicted octanol–water partition coefficient (Wildman–Crippen LogP) is 1.62. The van der Waals surface area contributed by atoms with Gasteiger partial charge < -0.3 is 20.7 Å². The monoisotopic (exact) mass is 295 g/mol. The van der Waals surface area contributed by atoms with Crippen molar-refractivity contribution in [2.45, 2.75) is 25.8 Å². The first-order chi connectivity index (χ1) is 10.1. The highest BCUT2D eigenvalue weighted by molar-refractivity contribution is 5.91. The maximum absolute atomic E-state index is 13.2. The highest BCUT2D eigenvalue weighted by Crippen LogP contribution is 2.25. The van der Waals surface area contributed by atoms with Gasteiger partial charge in [-0.2, -0.15) is 0 Å². The Morgan fingerprint density at radius 1 is 1.52 bits per heavy atom. The van der Waals surface area contributed by atoms with Crippen LogP contribution in [0.5, 0.6) is 5.75 Å². The minimum atomic E-state index is -0.431. The number of hydrogen-bond acceptors (Lipinski definition) is 3. The molecule has 0 spiro atoms. The van der Waals surface area contributed by atoms with E-state index in [0.717, 1.165) is 0 Å². The fourth-order valence-corrected chi connectivity index (χ4v) is 2.07. The zero-order valence-electron chi connectivity index (χ0n) is 11.7. The fourth-order valence-electron chi connectivity index (χ4n) is 2.07. The van der Waals surface area contributed by atoms with Crippen LogP contribution < -0.4 is 20.7 Å². The fraction of sp³-hybridized carbons (Fsp3) is 0.429. The third-order valence-corrected chi connectivity index (χ3v) is 3.09. The summed E-state index contributed by atoms with van der Waals surface area (Å²) < 4.78 is 18.5. The minimum Gasteiger partial charge on any atom is -0.492 e. The Morgan fingerprint density at radius 2 is 2.33 bits per heavy atom. The molecule has 0 unspecified atom stereocenters. The molecule has 1 aromatic carbocycles. The lowest BCUT2D eigenvalue weighted by molar-refractivity contribution is -0.122. The van der Waals surface area contributed by atoms with Crippen molar-refractivity contribution >= 4 is 17.6 Å². The van der Waals surface area contributed by atoms with Gasteiger partial charge in [0, 0.05) is 25.1 Å². The topological polar surface area (TPSA) is 79.5 Å². The lowest BCUT2D eigenvalue weighted by Gasteiger charge is -2.23. The van der Waals surface area contributed by atoms with E-state index in [1.54, 1.807) is 6.92 Å². The lowest BCUT2D eigenvalue weighted by Crippen LogP contribution is -2.48. The number of nitrogens with one attached hydrogen (secondary N) is 3. The molecule has 3 N–H and O–H groups in total. The molecule has 1 saturated heterocycles. The first-order valence-electron chi connectivity index (χ1n) is 6.85. The highest BCUT2D eigenvalue weighted by Gasteiger charge is 2.20. The van der Waals surface area contributed by atoms with Crippen LogP contribution >= 0.6 is 0 Å². The predicted molar refractivity (Wildman–Crippen MR) is 75.8 cm³/mol. The van der Waals surface area contributed by atoms with Crippen molar-refractivity contribution in [3.8, 4) is 5.75 Å². The normalized spacial score (nSPS) is 17.8. The molecule has 0 aromatic heterocycles. The van der Waals surface area contributed by atoms with Gasteiger partial charge in [0.15, 0.2) is 0 Å². The molecule has 0 radical (unpaired) electrons. The molecule has 7 heteroatoms. The van der Waals surface area contributed by atoms with Crippen molar-refractivity contribution in [2.75, 3.05) is 18.5 Å². The van der Waals surface area contributed by atoms with Crippen molar-refractivity contribution in [2.24, 2.45) is 0 Å². The molecule has 3 amide bonds. The molecule has 0 aliphatic carbocycles. The summed E-state index contributed by atoms with van der Waals surface area (Å²) >= 11 is 0. The molecule has 1 aliphatic rings. The molecule has 1 heterocycles. The zero-order valence-corrected chi connectivity index (χ0v) is 11.7. The molecule has 21 heavy (non-hydrogen) atoms. The van der Waals surface area contributed by atoms with Crippen LogP contribution in [0.15, 0.2) is 18.2 Å². The summed E-state index contributed by atoms with van der Waals surface area (Å²) in [4.78, 5) is 23.0. The van der Waals surface area contributed by atoms with Crippen LogP contribution in [0.25, 0.3) is 0 Å². The van der Waals surface area contributed by atoms with Crippen molar-refractivity contribution in [3.63, 3.8) is 0 Å². The second-order valence-electron chi connectivity index (χ2n) is 4.71. The van der Waals surface area contributed by atoms with Gasteiger partial charge in [0.05, 0.1) is 12.3 Å². The quantitative estimate of drug-likeness (QED) is 0.790. The maximum Gasteiger partial charge on any atom is 0.319 e. The summed E-state index contributed by atoms with van der Waals surface area (Å²) in [5.74, 6) is -0.158. The van der Waals surface area contributed by atoms with Crippen molar-refractivity contribution in [1.82, 2.24) is 10.6 Å². The highest BCUT2D eigenvalue weighted by atomic mass is 19.1. The number of anilines is 1. The summed E-state index contributed by atoms with van der Waals surface area (Å²) in [7, 11) is 0. The van der Waals surface area contributed by atoms with Gasteiger partial charge in [-0.3, -0.25) is 4.79 Å². The third-order valence-electron chi connectivity index (χ3n) is 3.09. The van der Waals surface area contributed by atoms with E-state index in [1.807, 2.05) is 0 Å². The smallest absolute Gasteiger partial charge is 0.319 e. The van der Waals surface area contributed by atoms with Gasteiger partial charge in [0.25, 0.3) is 0 Å². The third kappa shape index (κ3) is 4.34. The van der Waals surface area contributed by atoms with Gasteiger partial charge in [-0.15, -0.1) is 0 Å². The van der Waals surface area contributed by atoms with Crippen molar-refractivity contribution in [1.29, 1.82) is 0 Å². The zero-order chi connectivity index (χ0) is 15.2. The van der Waals surface area contributed by atoms with E-state index in [0.29, 0.717) is 31.7 Å². The average Bonchev–Trinajstić information content (AvgIpc) is 2.45. The Morgan fingerprint density at radius 3 is 3.00 bits per heavy atom. The first kappa shape index (κ1) is 15.1. The molecule has 1 aliphatic heterocycles. The number of hydrogen-bond donors (Lipinski definition) is 3. The van der Waals surface area contributed by atoms with Gasteiger partial charge in [-0.25, -0.2) is 9.18 Å². The van der Waals surface area contributed by atoms with Crippen LogP contribution in [-0.2, 0) is 4.79 Å². The van der Waals surface area contributed by atoms with Crippen LogP contribution in [0.4, 0.5) is 14.9 Å². The molecule has 114 valence electrons. The number of rotatable bonds is 4. The van der Waals surface area contributed by atoms with Crippen molar-refractivity contribution in [3.05, 3.63) is 24.0 Å². The number of urea groups is 1. The number of piperidine rings is 1. The number of amides is 3. The average molecular weight is 295 g/mol. The summed E-state index contributed by atoms with van der Waals surface area (Å²) in [6.07, 6.45) is 0.993. The summed E-state index contributed by atoms with van der Waals surface area (Å²) in [5.41, 5.74) is 0.399. The van der Waals surface area contributed by atoms with E-state index in [9.17, 15) is 14.0 Å². The Bertz CT molecular complexity index is 526. The molecule has 0 bridgehead atoms. The van der Waals surface area contributed by atoms with Crippen LogP contribution in [0.3, 0.4) is 0 Å². The van der Waals surface area contributed by atoms with E-state index in [4.69, 9.17) is 4.74 Å². The Labute approximate surface area is 122 Å². The molecule has 1 aromatic rings. The van der Waals surface area contributed by atoms with Gasteiger partial charge in [-0.1, -0.05) is 0 Å². The molecule has 1 fully saturated rings. The van der Waals surface area contributed by atoms with E-state index < -0.39 is 11.8 Å². The number of ether oxygens (including phenoxy) is 1. The molecule has 0 saturated carbocycles. The van der Waals surface area contributed by atoms with Crippen LogP contribution in [0.1, 0.15) is 19.8 Å². The second kappa shape index (κ2) is 6.92. The van der Waals surface area contributed by atoms with Crippen molar-refractivity contribution < 1.29 is 18.7 Å². The molecular formula is C14H18FN3O3. The number of carbonyl (C=O) groups is 2. The largest absolute Gasteiger partial charge is 0.492 e. The Balaban J connectivity index is 1.94. The van der Waals surface area contributed by atoms with E-state index in [2.05, 4.69) is 16.0 Å². The Hall–Kier alpha value is -2.31. The van der Waals surface area contributed by atoms with Crippen LogP contribution in [0, 0.1) is 5.82 Å². The first-order valence-corrected chi connectivity index (χ1v) is 6.85. The summed E-state index contributed by atoms with van der Waals surface area (Å²) in [6, 6.07) is 3.39. The van der Waals surface area contributed by atoms with Gasteiger partial charge >= 0.3 is 6.03 Å². The molecular weight excluding hydrogens is 277 g/mol. The van der Waals surface area contributed by atoms with Crippen LogP contribution in [0.2, 0.25) is 0 Å². The Kier molecular flexibility index (Phi) is 4.97. The second-order valence-corrected chi connectivity index (χ2v) is 4.71. The van der Waals surface area contributed by atoms with Gasteiger partial charge in [0.2, 0.25) is 5.91 Å². The number of carbonyl (C=O) groups excluding carboxylic acids is 2. The minimum absolute atomic E-state index is 0.00868. The molecule has 1 atom stereocenters. The van der Waals surface area contributed by atoms with Crippen LogP contribution in [-0.4, -0.2) is 31.1 Å². The summed E-state index contributed by atoms with van der Waals surface area (Å²) in [6.45, 7) is 2.56. The lowest BCUT2D eigenvalue weighted by atomic mass is 10.1. The van der Waals surface area contributed by atoms with E-state index in [-0.39, 0.29) is 17.7 Å². The van der Waals surface area contributed by atoms with E-state index >= 15 is 0 Å². The van der Waals surface area contributed by atoms with Gasteiger partial charge in [0.1, 0.15) is 11.6 Å². The van der Waals surface area contributed by atoms with Gasteiger partial charge in [-0.05, 0) is 25.5 Å². The number of halogens is 1. The summed E-state index contributed by atoms with van der Waals surface area (Å²) in [5, 5.41) is 8.07. The SMILES string of the molecule is CCOc1cc(F)ccc1NC(=O)N[C@@H]1CCC(=O)NC1. The molecule has 2 rings (SSSR count). The standard InChI is InChI=1S/C14H18FN3O3/c1-2-21-12-7-9(15)3-5-11(12)18-14(20)17-10-4-6-13(19)16-8-10/h3,5,7,10H,2,4,6,8H2,1H3,(H,16,19)(H2,17,18,20)/t10-/m1/s1. The maximum atomic E-state index is 13.2. The molecule has 6 nitrogen and oxygen atoms in total. The van der Waals surface area contributed by atoms with E-state index in [1.165, 1.54) is 18.2 Å². The number of benzene rings is 1.